The van der Waals surface area contributed by atoms with E-state index in [-0.39, 0.29) is 12.0 Å². The van der Waals surface area contributed by atoms with E-state index in [9.17, 15) is 4.79 Å². The summed E-state index contributed by atoms with van der Waals surface area (Å²) in [5.74, 6) is 2.52. The number of rotatable bonds is 9. The van der Waals surface area contributed by atoms with Crippen LogP contribution in [0.1, 0.15) is 42.5 Å². The van der Waals surface area contributed by atoms with Crippen LogP contribution < -0.4 is 20.4 Å². The Hall–Kier alpha value is -3.50. The highest BCUT2D eigenvalue weighted by atomic mass is 16.5. The number of morpholine rings is 1. The van der Waals surface area contributed by atoms with Gasteiger partial charge < -0.3 is 19.5 Å². The molecule has 2 aromatic heterocycles. The number of hydrogen-bond acceptors (Lipinski definition) is 8. The molecular formula is C29H36N6O4. The Balaban J connectivity index is 1.17. The molecule has 1 unspecified atom stereocenters. The fourth-order valence-electron chi connectivity index (χ4n) is 5.64. The molecule has 1 saturated carbocycles. The van der Waals surface area contributed by atoms with E-state index >= 15 is 0 Å². The molecule has 2 fully saturated rings. The number of fused-ring (bicyclic) bond motifs is 3. The third-order valence-electron chi connectivity index (χ3n) is 7.91. The Morgan fingerprint density at radius 3 is 2.97 bits per heavy atom. The van der Waals surface area contributed by atoms with Gasteiger partial charge in [-0.15, -0.1) is 0 Å². The van der Waals surface area contributed by atoms with Crippen LogP contribution in [-0.2, 0) is 11.3 Å². The van der Waals surface area contributed by atoms with Crippen molar-refractivity contribution in [2.24, 2.45) is 10.9 Å². The van der Waals surface area contributed by atoms with Gasteiger partial charge in [-0.2, -0.15) is 4.99 Å². The van der Waals surface area contributed by atoms with Crippen LogP contribution in [0.15, 0.2) is 41.7 Å². The largest absolute Gasteiger partial charge is 0.491 e. The SMILES string of the molecule is COc1c(OCCCC2CN(CC3CCC3)CCO2)ccc2c3n(c(=NC(=O)c4cccnc4)nc12)CCN3. The van der Waals surface area contributed by atoms with Gasteiger partial charge in [0.25, 0.3) is 5.91 Å². The van der Waals surface area contributed by atoms with Crippen molar-refractivity contribution in [3.8, 4) is 11.5 Å². The Bertz CT molecular complexity index is 1390. The van der Waals surface area contributed by atoms with Gasteiger partial charge in [-0.1, -0.05) is 6.42 Å². The molecule has 3 aromatic rings. The van der Waals surface area contributed by atoms with Crippen molar-refractivity contribution >= 4 is 22.6 Å². The quantitative estimate of drug-likeness (QED) is 0.419. The summed E-state index contributed by atoms with van der Waals surface area (Å²) in [5.41, 5.74) is 1.35. The third-order valence-corrected chi connectivity index (χ3v) is 7.91. The molecular weight excluding hydrogens is 496 g/mol. The van der Waals surface area contributed by atoms with Crippen molar-refractivity contribution in [3.05, 3.63) is 47.8 Å². The van der Waals surface area contributed by atoms with Crippen LogP contribution in [0.4, 0.5) is 5.82 Å². The lowest BCUT2D eigenvalue weighted by atomic mass is 9.85. The predicted octanol–water partition coefficient (Wildman–Crippen LogP) is 3.27. The molecule has 1 saturated heterocycles. The molecule has 2 aliphatic heterocycles. The number of nitrogens with one attached hydrogen (secondary N) is 1. The summed E-state index contributed by atoms with van der Waals surface area (Å²) < 4.78 is 19.9. The second-order valence-electron chi connectivity index (χ2n) is 10.5. The van der Waals surface area contributed by atoms with E-state index in [2.05, 4.69) is 20.2 Å². The lowest BCUT2D eigenvalue weighted by Gasteiger charge is -2.37. The van der Waals surface area contributed by atoms with E-state index in [1.807, 2.05) is 16.7 Å². The van der Waals surface area contributed by atoms with Crippen molar-refractivity contribution in [2.45, 2.75) is 44.8 Å². The molecule has 6 rings (SSSR count). The van der Waals surface area contributed by atoms with E-state index in [4.69, 9.17) is 19.2 Å². The van der Waals surface area contributed by atoms with E-state index in [1.54, 1.807) is 25.4 Å². The van der Waals surface area contributed by atoms with Crippen molar-refractivity contribution in [1.29, 1.82) is 0 Å². The smallest absolute Gasteiger partial charge is 0.281 e. The highest BCUT2D eigenvalue weighted by Gasteiger charge is 2.26. The molecule has 10 nitrogen and oxygen atoms in total. The minimum absolute atomic E-state index is 0.259. The Kier molecular flexibility index (Phi) is 7.74. The molecule has 1 amide bonds. The second kappa shape index (κ2) is 11.7. The zero-order valence-electron chi connectivity index (χ0n) is 22.5. The standard InChI is InChI=1S/C29H36N6O4/c1-37-26-24(39-15-4-8-22-19-34(14-16-38-22)18-20-5-2-6-20)10-9-23-25(26)32-29(35-13-12-31-27(23)35)33-28(36)21-7-3-11-30-17-21/h3,7,9-11,17,20,22,31H,2,4-6,8,12-16,18-19H2,1H3. The van der Waals surface area contributed by atoms with Crippen LogP contribution in [0, 0.1) is 5.92 Å². The first-order valence-electron chi connectivity index (χ1n) is 14.0. The van der Waals surface area contributed by atoms with E-state index in [0.29, 0.717) is 41.3 Å². The fraction of sp³-hybridized carbons (Fsp3) is 0.517. The molecule has 4 heterocycles. The van der Waals surface area contributed by atoms with Gasteiger partial charge in [-0.3, -0.25) is 19.2 Å². The average molecular weight is 533 g/mol. The lowest BCUT2D eigenvalue weighted by molar-refractivity contribution is -0.0414. The maximum Gasteiger partial charge on any atom is 0.281 e. The first-order chi connectivity index (χ1) is 19.2. The van der Waals surface area contributed by atoms with Crippen LogP contribution in [0.3, 0.4) is 0 Å². The van der Waals surface area contributed by atoms with E-state index in [0.717, 1.165) is 56.2 Å². The van der Waals surface area contributed by atoms with Crippen LogP contribution in [-0.4, -0.2) is 77.9 Å². The van der Waals surface area contributed by atoms with Crippen molar-refractivity contribution < 1.29 is 19.0 Å². The minimum Gasteiger partial charge on any atom is -0.491 e. The number of ether oxygens (including phenoxy) is 3. The summed E-state index contributed by atoms with van der Waals surface area (Å²) in [7, 11) is 1.61. The highest BCUT2D eigenvalue weighted by Crippen LogP contribution is 2.37. The summed E-state index contributed by atoms with van der Waals surface area (Å²) >= 11 is 0. The zero-order valence-corrected chi connectivity index (χ0v) is 22.5. The third kappa shape index (κ3) is 5.62. The number of carbonyl (C=O) groups is 1. The van der Waals surface area contributed by atoms with Gasteiger partial charge in [0, 0.05) is 50.5 Å². The van der Waals surface area contributed by atoms with Gasteiger partial charge in [0.1, 0.15) is 11.3 Å². The van der Waals surface area contributed by atoms with Crippen molar-refractivity contribution in [3.63, 3.8) is 0 Å². The average Bonchev–Trinajstić information content (AvgIpc) is 3.44. The van der Waals surface area contributed by atoms with Gasteiger partial charge in [-0.05, 0) is 55.9 Å². The van der Waals surface area contributed by atoms with Gasteiger partial charge in [0.05, 0.1) is 32.0 Å². The maximum atomic E-state index is 12.8. The minimum atomic E-state index is -0.390. The molecule has 0 bridgehead atoms. The number of amides is 1. The number of anilines is 1. The molecule has 206 valence electrons. The number of aromatic nitrogens is 3. The summed E-state index contributed by atoms with van der Waals surface area (Å²) in [4.78, 5) is 28.5. The highest BCUT2D eigenvalue weighted by molar-refractivity contribution is 5.96. The molecule has 3 aliphatic rings. The van der Waals surface area contributed by atoms with Gasteiger partial charge in [-0.25, -0.2) is 4.98 Å². The molecule has 1 aromatic carbocycles. The van der Waals surface area contributed by atoms with Crippen LogP contribution >= 0.6 is 0 Å². The fourth-order valence-corrected chi connectivity index (χ4v) is 5.64. The summed E-state index contributed by atoms with van der Waals surface area (Å²) in [5, 5.41) is 4.30. The van der Waals surface area contributed by atoms with Crippen LogP contribution in [0.2, 0.25) is 0 Å². The zero-order chi connectivity index (χ0) is 26.6. The van der Waals surface area contributed by atoms with Crippen molar-refractivity contribution in [1.82, 2.24) is 19.4 Å². The molecule has 1 atom stereocenters. The molecule has 0 radical (unpaired) electrons. The van der Waals surface area contributed by atoms with Gasteiger partial charge >= 0.3 is 0 Å². The summed E-state index contributed by atoms with van der Waals surface area (Å²) in [6.07, 6.45) is 9.39. The molecule has 0 spiro atoms. The molecule has 39 heavy (non-hydrogen) atoms. The number of nitrogens with zero attached hydrogens (tertiary/aromatic N) is 5. The van der Waals surface area contributed by atoms with Crippen LogP contribution in [0.5, 0.6) is 11.5 Å². The van der Waals surface area contributed by atoms with Crippen molar-refractivity contribution in [2.75, 3.05) is 51.8 Å². The Labute approximate surface area is 228 Å². The lowest BCUT2D eigenvalue weighted by Crippen LogP contribution is -2.45. The number of hydrogen-bond donors (Lipinski definition) is 1. The second-order valence-corrected chi connectivity index (χ2v) is 10.5. The predicted molar refractivity (Wildman–Crippen MR) is 147 cm³/mol. The first-order valence-corrected chi connectivity index (χ1v) is 14.0. The number of benzene rings is 1. The molecule has 1 aliphatic carbocycles. The first kappa shape index (κ1) is 25.8. The number of carbonyl (C=O) groups excluding carboxylic acids is 1. The topological polar surface area (TPSA) is 103 Å². The molecule has 1 N–H and O–H groups in total. The summed E-state index contributed by atoms with van der Waals surface area (Å²) in [6.45, 7) is 6.04. The summed E-state index contributed by atoms with van der Waals surface area (Å²) in [6, 6.07) is 7.33. The Morgan fingerprint density at radius 1 is 1.26 bits per heavy atom. The Morgan fingerprint density at radius 2 is 2.18 bits per heavy atom. The van der Waals surface area contributed by atoms with Gasteiger partial charge in [0.15, 0.2) is 11.5 Å². The molecule has 10 heteroatoms. The van der Waals surface area contributed by atoms with Gasteiger partial charge in [0.2, 0.25) is 5.62 Å². The number of methoxy groups -OCH3 is 1. The van der Waals surface area contributed by atoms with E-state index in [1.165, 1.54) is 32.0 Å². The monoisotopic (exact) mass is 532 g/mol. The maximum absolute atomic E-state index is 12.8. The van der Waals surface area contributed by atoms with E-state index < -0.39 is 0 Å². The van der Waals surface area contributed by atoms with Crippen LogP contribution in [0.25, 0.3) is 10.9 Å². The number of pyridine rings is 1. The normalized spacial score (nSPS) is 19.9.